The van der Waals surface area contributed by atoms with Gasteiger partial charge in [0.1, 0.15) is 17.9 Å². The Labute approximate surface area is 176 Å². The number of rotatable bonds is 7. The molecule has 0 bridgehead atoms. The first kappa shape index (κ1) is 23.0. The highest BCUT2D eigenvalue weighted by molar-refractivity contribution is 6.40. The van der Waals surface area contributed by atoms with Gasteiger partial charge in [-0.05, 0) is 45.4 Å². The molecule has 3 N–H and O–H groups in total. The second-order valence-corrected chi connectivity index (χ2v) is 7.46. The molecule has 0 aliphatic carbocycles. The third kappa shape index (κ3) is 5.85. The third-order valence-corrected chi connectivity index (χ3v) is 4.52. The van der Waals surface area contributed by atoms with Crippen LogP contribution in [-0.2, 0) is 19.1 Å². The van der Waals surface area contributed by atoms with Gasteiger partial charge in [-0.15, -0.1) is 0 Å². The average Bonchev–Trinajstić information content (AvgIpc) is 2.72. The highest BCUT2D eigenvalue weighted by Crippen LogP contribution is 2.31. The van der Waals surface area contributed by atoms with Crippen molar-refractivity contribution in [1.29, 1.82) is 0 Å². The second-order valence-electron chi connectivity index (χ2n) is 7.46. The van der Waals surface area contributed by atoms with Crippen LogP contribution in [0.1, 0.15) is 39.7 Å². The van der Waals surface area contributed by atoms with Gasteiger partial charge in [0, 0.05) is 29.4 Å². The number of ether oxygens (including phenoxy) is 2. The van der Waals surface area contributed by atoms with Gasteiger partial charge in [0.05, 0.1) is 12.9 Å². The molecule has 162 valence electrons. The molecule has 1 heterocycles. The zero-order valence-corrected chi connectivity index (χ0v) is 18.0. The molecule has 1 aromatic rings. The number of carbonyl (C=O) groups is 3. The maximum absolute atomic E-state index is 12.3. The zero-order valence-electron chi connectivity index (χ0n) is 18.0. The van der Waals surface area contributed by atoms with Crippen molar-refractivity contribution in [2.24, 2.45) is 0 Å². The molecular formula is C22H29N3O5. The topological polar surface area (TPSA) is 106 Å². The van der Waals surface area contributed by atoms with Crippen LogP contribution < -0.4 is 20.7 Å². The molecule has 8 heteroatoms. The van der Waals surface area contributed by atoms with Crippen LogP contribution in [0.4, 0.5) is 5.69 Å². The SMILES string of the molecule is CCCNC(=O)C(C)(C)NC(=O)C(=O)Nc1ccc(C2=CC=C(C)OC2)c(OC)c1. The van der Waals surface area contributed by atoms with E-state index in [-0.39, 0.29) is 5.91 Å². The van der Waals surface area contributed by atoms with Crippen molar-refractivity contribution >= 4 is 29.0 Å². The molecule has 30 heavy (non-hydrogen) atoms. The van der Waals surface area contributed by atoms with E-state index in [4.69, 9.17) is 9.47 Å². The predicted molar refractivity (Wildman–Crippen MR) is 115 cm³/mol. The summed E-state index contributed by atoms with van der Waals surface area (Å²) in [5.41, 5.74) is 0.947. The maximum atomic E-state index is 12.3. The van der Waals surface area contributed by atoms with Gasteiger partial charge in [-0.1, -0.05) is 13.0 Å². The number of amides is 3. The molecule has 0 atom stereocenters. The van der Waals surface area contributed by atoms with Crippen LogP contribution in [-0.4, -0.2) is 43.5 Å². The Morgan fingerprint density at radius 2 is 1.90 bits per heavy atom. The van der Waals surface area contributed by atoms with Crippen molar-refractivity contribution in [3.05, 3.63) is 41.7 Å². The summed E-state index contributed by atoms with van der Waals surface area (Å²) in [7, 11) is 1.53. The number of hydrogen-bond acceptors (Lipinski definition) is 5. The zero-order chi connectivity index (χ0) is 22.3. The first-order valence-electron chi connectivity index (χ1n) is 9.78. The summed E-state index contributed by atoms with van der Waals surface area (Å²) in [5, 5.41) is 7.69. The molecule has 1 aliphatic heterocycles. The van der Waals surface area contributed by atoms with Gasteiger partial charge in [0.15, 0.2) is 0 Å². The molecule has 0 radical (unpaired) electrons. The monoisotopic (exact) mass is 415 g/mol. The molecule has 0 aromatic heterocycles. The van der Waals surface area contributed by atoms with E-state index < -0.39 is 17.4 Å². The number of nitrogens with one attached hydrogen (secondary N) is 3. The lowest BCUT2D eigenvalue weighted by molar-refractivity contribution is -0.139. The Morgan fingerprint density at radius 1 is 1.17 bits per heavy atom. The van der Waals surface area contributed by atoms with Crippen molar-refractivity contribution < 1.29 is 23.9 Å². The number of benzene rings is 1. The van der Waals surface area contributed by atoms with Gasteiger partial charge in [-0.2, -0.15) is 0 Å². The summed E-state index contributed by atoms with van der Waals surface area (Å²) in [4.78, 5) is 36.7. The molecule has 0 saturated carbocycles. The quantitative estimate of drug-likeness (QED) is 0.593. The van der Waals surface area contributed by atoms with E-state index in [1.165, 1.54) is 21.0 Å². The Bertz CT molecular complexity index is 887. The van der Waals surface area contributed by atoms with Gasteiger partial charge in [0.25, 0.3) is 0 Å². The van der Waals surface area contributed by atoms with E-state index in [9.17, 15) is 14.4 Å². The molecule has 3 amide bonds. The normalized spacial score (nSPS) is 13.4. The van der Waals surface area contributed by atoms with Crippen molar-refractivity contribution in [2.75, 3.05) is 25.6 Å². The lowest BCUT2D eigenvalue weighted by Crippen LogP contribution is -2.57. The van der Waals surface area contributed by atoms with E-state index >= 15 is 0 Å². The first-order chi connectivity index (χ1) is 14.2. The van der Waals surface area contributed by atoms with Crippen LogP contribution in [0.5, 0.6) is 5.75 Å². The predicted octanol–water partition coefficient (Wildman–Crippen LogP) is 2.37. The smallest absolute Gasteiger partial charge is 0.313 e. The van der Waals surface area contributed by atoms with E-state index in [2.05, 4.69) is 16.0 Å². The second kappa shape index (κ2) is 9.96. The van der Waals surface area contributed by atoms with E-state index in [1.54, 1.807) is 18.2 Å². The number of anilines is 1. The molecule has 1 aromatic carbocycles. The molecule has 0 fully saturated rings. The number of methoxy groups -OCH3 is 1. The fourth-order valence-corrected chi connectivity index (χ4v) is 2.75. The third-order valence-electron chi connectivity index (χ3n) is 4.52. The van der Waals surface area contributed by atoms with Crippen molar-refractivity contribution in [2.45, 2.75) is 39.7 Å². The largest absolute Gasteiger partial charge is 0.496 e. The van der Waals surface area contributed by atoms with Gasteiger partial charge in [-0.3, -0.25) is 14.4 Å². The summed E-state index contributed by atoms with van der Waals surface area (Å²) in [6.45, 7) is 7.79. The summed E-state index contributed by atoms with van der Waals surface area (Å²) < 4.78 is 11.0. The molecule has 0 saturated heterocycles. The molecule has 2 rings (SSSR count). The summed E-state index contributed by atoms with van der Waals surface area (Å²) in [5.74, 6) is -0.767. The molecule has 1 aliphatic rings. The number of allylic oxidation sites excluding steroid dienone is 3. The van der Waals surface area contributed by atoms with Crippen molar-refractivity contribution in [3.63, 3.8) is 0 Å². The van der Waals surface area contributed by atoms with Crippen LogP contribution in [0.3, 0.4) is 0 Å². The van der Waals surface area contributed by atoms with Crippen LogP contribution in [0.25, 0.3) is 5.57 Å². The van der Waals surface area contributed by atoms with Crippen LogP contribution in [0.15, 0.2) is 36.1 Å². The Kier molecular flexibility index (Phi) is 7.63. The van der Waals surface area contributed by atoms with Gasteiger partial charge >= 0.3 is 11.8 Å². The van der Waals surface area contributed by atoms with Gasteiger partial charge in [-0.25, -0.2) is 0 Å². The minimum atomic E-state index is -1.22. The summed E-state index contributed by atoms with van der Waals surface area (Å²) in [6, 6.07) is 5.10. The lowest BCUT2D eigenvalue weighted by atomic mass is 10.0. The summed E-state index contributed by atoms with van der Waals surface area (Å²) >= 11 is 0. The van der Waals surface area contributed by atoms with Gasteiger partial charge < -0.3 is 25.4 Å². The first-order valence-corrected chi connectivity index (χ1v) is 9.78. The maximum Gasteiger partial charge on any atom is 0.313 e. The van der Waals surface area contributed by atoms with Crippen LogP contribution in [0.2, 0.25) is 0 Å². The molecule has 8 nitrogen and oxygen atoms in total. The molecule has 0 spiro atoms. The lowest BCUT2D eigenvalue weighted by Gasteiger charge is -2.24. The Morgan fingerprint density at radius 3 is 2.50 bits per heavy atom. The minimum absolute atomic E-state index is 0.358. The Balaban J connectivity index is 2.07. The minimum Gasteiger partial charge on any atom is -0.496 e. The van der Waals surface area contributed by atoms with Crippen LogP contribution in [0, 0.1) is 0 Å². The standard InChI is InChI=1S/C22H29N3O5/c1-6-11-23-21(28)22(3,4)25-20(27)19(26)24-16-9-10-17(18(12-16)29-5)15-8-7-14(2)30-13-15/h7-10,12H,6,11,13H2,1-5H3,(H,23,28)(H,24,26)(H,25,27). The van der Waals surface area contributed by atoms with Gasteiger partial charge in [0.2, 0.25) is 5.91 Å². The fraction of sp³-hybridized carbons (Fsp3) is 0.409. The van der Waals surface area contributed by atoms with E-state index in [0.29, 0.717) is 24.6 Å². The fourth-order valence-electron chi connectivity index (χ4n) is 2.75. The average molecular weight is 415 g/mol. The molecular weight excluding hydrogens is 386 g/mol. The number of carbonyl (C=O) groups excluding carboxylic acids is 3. The summed E-state index contributed by atoms with van der Waals surface area (Å²) in [6.07, 6.45) is 4.60. The van der Waals surface area contributed by atoms with Crippen LogP contribution >= 0.6 is 0 Å². The Hall–Kier alpha value is -3.29. The van der Waals surface area contributed by atoms with Crippen molar-refractivity contribution in [3.8, 4) is 5.75 Å². The molecule has 0 unspecified atom stereocenters. The van der Waals surface area contributed by atoms with E-state index in [1.807, 2.05) is 26.0 Å². The van der Waals surface area contributed by atoms with E-state index in [0.717, 1.165) is 23.3 Å². The highest BCUT2D eigenvalue weighted by atomic mass is 16.5. The van der Waals surface area contributed by atoms with Crippen molar-refractivity contribution in [1.82, 2.24) is 10.6 Å². The highest BCUT2D eigenvalue weighted by Gasteiger charge is 2.31. The number of hydrogen-bond donors (Lipinski definition) is 3.